The van der Waals surface area contributed by atoms with Crippen molar-refractivity contribution in [1.29, 1.82) is 0 Å². The fourth-order valence-electron chi connectivity index (χ4n) is 2.36. The second-order valence-electron chi connectivity index (χ2n) is 5.44. The molecule has 0 spiro atoms. The van der Waals surface area contributed by atoms with E-state index in [-0.39, 0.29) is 18.4 Å². The van der Waals surface area contributed by atoms with Crippen LogP contribution in [0.25, 0.3) is 0 Å². The second kappa shape index (κ2) is 5.07. The Morgan fingerprint density at radius 2 is 2.06 bits per heavy atom. The molecule has 1 rings (SSSR count). The van der Waals surface area contributed by atoms with Crippen molar-refractivity contribution in [2.75, 3.05) is 13.1 Å². The first-order valence-corrected chi connectivity index (χ1v) is 6.13. The molecule has 0 saturated carbocycles. The first kappa shape index (κ1) is 15.3. The third-order valence-electron chi connectivity index (χ3n) is 3.77. The van der Waals surface area contributed by atoms with Crippen LogP contribution in [-0.4, -0.2) is 40.8 Å². The van der Waals surface area contributed by atoms with Crippen LogP contribution in [0.15, 0.2) is 0 Å². The summed E-state index contributed by atoms with van der Waals surface area (Å²) in [6, 6.07) is 0. The van der Waals surface area contributed by atoms with Crippen LogP contribution in [0, 0.1) is 11.8 Å². The van der Waals surface area contributed by atoms with Crippen LogP contribution < -0.4 is 0 Å². The van der Waals surface area contributed by atoms with E-state index in [4.69, 9.17) is 0 Å². The lowest BCUT2D eigenvalue weighted by atomic mass is 9.82. The molecule has 1 heterocycles. The number of carbonyl (C=O) groups excluding carboxylic acids is 1. The van der Waals surface area contributed by atoms with Gasteiger partial charge in [0, 0.05) is 25.4 Å². The number of carbonyl (C=O) groups is 1. The van der Waals surface area contributed by atoms with E-state index in [1.165, 1.54) is 4.90 Å². The fourth-order valence-corrected chi connectivity index (χ4v) is 2.36. The summed E-state index contributed by atoms with van der Waals surface area (Å²) < 4.78 is 36.1. The molecule has 0 aromatic rings. The van der Waals surface area contributed by atoms with E-state index in [1.54, 1.807) is 0 Å². The zero-order valence-electron chi connectivity index (χ0n) is 10.9. The Balaban J connectivity index is 2.58. The molecule has 1 amide bonds. The molecule has 6 heteroatoms. The Hall–Kier alpha value is -0.780. The molecule has 1 saturated heterocycles. The van der Waals surface area contributed by atoms with E-state index in [0.29, 0.717) is 6.54 Å². The summed E-state index contributed by atoms with van der Waals surface area (Å²) in [6.07, 6.45) is -5.95. The van der Waals surface area contributed by atoms with Crippen molar-refractivity contribution in [3.8, 4) is 0 Å². The molecular formula is C12H20F3NO2. The summed E-state index contributed by atoms with van der Waals surface area (Å²) in [5, 5.41) is 10.4. The number of rotatable bonds is 3. The molecule has 0 unspecified atom stereocenters. The highest BCUT2D eigenvalue weighted by Crippen LogP contribution is 2.34. The van der Waals surface area contributed by atoms with Crippen molar-refractivity contribution in [3.05, 3.63) is 0 Å². The number of hydrogen-bond acceptors (Lipinski definition) is 2. The highest BCUT2D eigenvalue weighted by atomic mass is 19.4. The summed E-state index contributed by atoms with van der Waals surface area (Å²) in [5.41, 5.74) is -0.992. The van der Waals surface area contributed by atoms with E-state index >= 15 is 0 Å². The van der Waals surface area contributed by atoms with Gasteiger partial charge in [0.2, 0.25) is 5.91 Å². The van der Waals surface area contributed by atoms with Gasteiger partial charge in [0.15, 0.2) is 0 Å². The molecule has 0 aliphatic carbocycles. The standard InChI is InChI=1S/C12H20F3NO2/c1-8(2)11(18)7-16(6-9(11)3)10(17)4-5-12(13,14)15/h8-9,18H,4-7H2,1-3H3/t9-,11-/m1/s1. The Bertz CT molecular complexity index is 317. The molecule has 106 valence electrons. The van der Waals surface area contributed by atoms with E-state index < -0.39 is 30.5 Å². The third-order valence-corrected chi connectivity index (χ3v) is 3.77. The molecule has 3 nitrogen and oxygen atoms in total. The van der Waals surface area contributed by atoms with Crippen LogP contribution in [0.5, 0.6) is 0 Å². The van der Waals surface area contributed by atoms with Gasteiger partial charge in [-0.15, -0.1) is 0 Å². The normalized spacial score (nSPS) is 29.1. The summed E-state index contributed by atoms with van der Waals surface area (Å²) in [7, 11) is 0. The van der Waals surface area contributed by atoms with E-state index in [2.05, 4.69) is 0 Å². The third kappa shape index (κ3) is 3.37. The number of alkyl halides is 3. The molecule has 2 atom stereocenters. The molecule has 0 radical (unpaired) electrons. The van der Waals surface area contributed by atoms with E-state index in [0.717, 1.165) is 0 Å². The summed E-state index contributed by atoms with van der Waals surface area (Å²) in [4.78, 5) is 13.0. The van der Waals surface area contributed by atoms with Crippen LogP contribution in [0.4, 0.5) is 13.2 Å². The van der Waals surface area contributed by atoms with Gasteiger partial charge in [-0.2, -0.15) is 13.2 Å². The van der Waals surface area contributed by atoms with Crippen LogP contribution in [-0.2, 0) is 4.79 Å². The van der Waals surface area contributed by atoms with Crippen molar-refractivity contribution in [2.45, 2.75) is 45.4 Å². The minimum Gasteiger partial charge on any atom is -0.387 e. The molecular weight excluding hydrogens is 247 g/mol. The SMILES string of the molecule is CC(C)[C@]1(O)CN(C(=O)CCC(F)(F)F)C[C@H]1C. The highest BCUT2D eigenvalue weighted by molar-refractivity contribution is 5.76. The van der Waals surface area contributed by atoms with Crippen molar-refractivity contribution in [3.63, 3.8) is 0 Å². The predicted octanol–water partition coefficient (Wildman–Crippen LogP) is 2.19. The van der Waals surface area contributed by atoms with Gasteiger partial charge in [-0.3, -0.25) is 4.79 Å². The second-order valence-corrected chi connectivity index (χ2v) is 5.44. The Kier molecular flexibility index (Phi) is 4.30. The molecule has 0 aromatic carbocycles. The van der Waals surface area contributed by atoms with Gasteiger partial charge in [-0.25, -0.2) is 0 Å². The number of hydrogen-bond donors (Lipinski definition) is 1. The largest absolute Gasteiger partial charge is 0.389 e. The van der Waals surface area contributed by atoms with Gasteiger partial charge in [0.1, 0.15) is 0 Å². The lowest BCUT2D eigenvalue weighted by Gasteiger charge is -2.31. The van der Waals surface area contributed by atoms with Crippen molar-refractivity contribution >= 4 is 5.91 Å². The van der Waals surface area contributed by atoms with Gasteiger partial charge in [0.05, 0.1) is 12.0 Å². The first-order valence-electron chi connectivity index (χ1n) is 6.13. The van der Waals surface area contributed by atoms with Gasteiger partial charge in [0.25, 0.3) is 0 Å². The van der Waals surface area contributed by atoms with Crippen LogP contribution in [0.2, 0.25) is 0 Å². The summed E-state index contributed by atoms with van der Waals surface area (Å²) >= 11 is 0. The van der Waals surface area contributed by atoms with Crippen LogP contribution in [0.1, 0.15) is 33.6 Å². The molecule has 1 aliphatic rings. The van der Waals surface area contributed by atoms with E-state index in [9.17, 15) is 23.1 Å². The number of β-amino-alcohol motifs (C(OH)–C–C–N with tert-alkyl or cyclic N) is 1. The monoisotopic (exact) mass is 267 g/mol. The van der Waals surface area contributed by atoms with Crippen LogP contribution in [0.3, 0.4) is 0 Å². The van der Waals surface area contributed by atoms with Crippen LogP contribution >= 0.6 is 0 Å². The maximum atomic E-state index is 12.0. The zero-order valence-corrected chi connectivity index (χ0v) is 10.9. The van der Waals surface area contributed by atoms with Gasteiger partial charge in [-0.1, -0.05) is 20.8 Å². The number of halogens is 3. The van der Waals surface area contributed by atoms with Crippen molar-refractivity contribution in [2.24, 2.45) is 11.8 Å². The smallest absolute Gasteiger partial charge is 0.387 e. The summed E-state index contributed by atoms with van der Waals surface area (Å²) in [6.45, 7) is 5.96. The average Bonchev–Trinajstić information content (AvgIpc) is 2.52. The number of aliphatic hydroxyl groups is 1. The Morgan fingerprint density at radius 3 is 2.44 bits per heavy atom. The zero-order chi connectivity index (χ0) is 14.1. The number of likely N-dealkylation sites (tertiary alicyclic amines) is 1. The molecule has 1 aliphatic heterocycles. The van der Waals surface area contributed by atoms with Gasteiger partial charge < -0.3 is 10.0 Å². The maximum absolute atomic E-state index is 12.0. The first-order chi connectivity index (χ1) is 8.06. The maximum Gasteiger partial charge on any atom is 0.389 e. The van der Waals surface area contributed by atoms with Gasteiger partial charge in [-0.05, 0) is 5.92 Å². The highest BCUT2D eigenvalue weighted by Gasteiger charge is 2.46. The number of amides is 1. The Labute approximate surface area is 105 Å². The molecule has 1 fully saturated rings. The Morgan fingerprint density at radius 1 is 1.50 bits per heavy atom. The lowest BCUT2D eigenvalue weighted by molar-refractivity contribution is -0.149. The van der Waals surface area contributed by atoms with E-state index in [1.807, 2.05) is 20.8 Å². The van der Waals surface area contributed by atoms with Gasteiger partial charge >= 0.3 is 6.18 Å². The quantitative estimate of drug-likeness (QED) is 0.851. The lowest BCUT2D eigenvalue weighted by Crippen LogP contribution is -2.43. The topological polar surface area (TPSA) is 40.5 Å². The minimum absolute atomic E-state index is 0.0343. The molecule has 1 N–H and O–H groups in total. The molecule has 18 heavy (non-hydrogen) atoms. The average molecular weight is 267 g/mol. The molecule has 0 bridgehead atoms. The minimum atomic E-state index is -4.31. The summed E-state index contributed by atoms with van der Waals surface area (Å²) in [5.74, 6) is -0.684. The number of nitrogens with zero attached hydrogens (tertiary/aromatic N) is 1. The van der Waals surface area contributed by atoms with Crippen molar-refractivity contribution in [1.82, 2.24) is 4.90 Å². The van der Waals surface area contributed by atoms with Crippen molar-refractivity contribution < 1.29 is 23.1 Å². The predicted molar refractivity (Wildman–Crippen MR) is 60.8 cm³/mol. The fraction of sp³-hybridized carbons (Fsp3) is 0.917. The molecule has 0 aromatic heterocycles.